The molecule has 36 heavy (non-hydrogen) atoms. The second-order valence-corrected chi connectivity index (χ2v) is 11.9. The first kappa shape index (κ1) is 25.0. The minimum atomic E-state index is -3.63. The molecule has 2 aliphatic heterocycles. The molecular weight excluding hydrogens is 472 g/mol. The third-order valence-corrected chi connectivity index (χ3v) is 9.94. The lowest BCUT2D eigenvalue weighted by atomic mass is 9.83. The summed E-state index contributed by atoms with van der Waals surface area (Å²) in [7, 11) is -3.63. The molecule has 1 fully saturated rings. The number of piperidine rings is 1. The van der Waals surface area contributed by atoms with Gasteiger partial charge in [-0.15, -0.1) is 0 Å². The molecule has 0 saturated carbocycles. The Kier molecular flexibility index (Phi) is 7.17. The van der Waals surface area contributed by atoms with E-state index in [1.54, 1.807) is 4.31 Å². The fourth-order valence-electron chi connectivity index (χ4n) is 5.72. The highest BCUT2D eigenvalue weighted by Gasteiger charge is 2.40. The second-order valence-electron chi connectivity index (χ2n) is 9.88. The van der Waals surface area contributed by atoms with Crippen molar-refractivity contribution in [1.82, 2.24) is 4.31 Å². The standard InChI is InChI=1S/C29H34N2O4S/c1-20-12-13-24-25(28(20)32)18-26(35-27(24)19-30)21-14-16-31(17-15-21)36(33,34)29(22-8-4-2-5-9-22)23-10-6-3-7-11-23/h2-13,21,26-27,29,32H,14-19,30H2,1H3/t26-,27-/m0/s1. The number of ether oxygens (including phenoxy) is 1. The van der Waals surface area contributed by atoms with Crippen LogP contribution in [0.3, 0.4) is 0 Å². The van der Waals surface area contributed by atoms with Crippen molar-refractivity contribution in [2.45, 2.75) is 43.6 Å². The highest BCUT2D eigenvalue weighted by Crippen LogP contribution is 2.41. The molecular formula is C29H34N2O4S. The Balaban J connectivity index is 1.35. The summed E-state index contributed by atoms with van der Waals surface area (Å²) < 4.78 is 36.0. The molecule has 0 aliphatic carbocycles. The monoisotopic (exact) mass is 506 g/mol. The van der Waals surface area contributed by atoms with E-state index in [4.69, 9.17) is 10.5 Å². The van der Waals surface area contributed by atoms with Gasteiger partial charge in [0.2, 0.25) is 10.0 Å². The van der Waals surface area contributed by atoms with E-state index in [-0.39, 0.29) is 18.1 Å². The molecule has 0 radical (unpaired) electrons. The number of nitrogens with two attached hydrogens (primary N) is 1. The van der Waals surface area contributed by atoms with E-state index in [1.165, 1.54) is 0 Å². The number of aryl methyl sites for hydroxylation is 1. The van der Waals surface area contributed by atoms with Gasteiger partial charge in [-0.3, -0.25) is 0 Å². The molecule has 190 valence electrons. The fraction of sp³-hybridized carbons (Fsp3) is 0.379. The van der Waals surface area contributed by atoms with Crippen LogP contribution in [0.25, 0.3) is 0 Å². The predicted octanol–water partition coefficient (Wildman–Crippen LogP) is 4.47. The summed E-state index contributed by atoms with van der Waals surface area (Å²) in [5.74, 6) is 0.526. The Morgan fingerprint density at radius 1 is 0.972 bits per heavy atom. The lowest BCUT2D eigenvalue weighted by Crippen LogP contribution is -2.45. The van der Waals surface area contributed by atoms with Gasteiger partial charge in [-0.1, -0.05) is 72.8 Å². The number of fused-ring (bicyclic) bond motifs is 1. The predicted molar refractivity (Wildman–Crippen MR) is 141 cm³/mol. The Labute approximate surface area is 213 Å². The van der Waals surface area contributed by atoms with Crippen molar-refractivity contribution >= 4 is 10.0 Å². The van der Waals surface area contributed by atoms with Gasteiger partial charge in [-0.25, -0.2) is 12.7 Å². The second kappa shape index (κ2) is 10.3. The summed E-state index contributed by atoms with van der Waals surface area (Å²) in [6.45, 7) is 3.14. The molecule has 1 saturated heterocycles. The fourth-order valence-corrected chi connectivity index (χ4v) is 7.74. The molecule has 0 bridgehead atoms. The van der Waals surface area contributed by atoms with Crippen LogP contribution in [-0.4, -0.2) is 43.6 Å². The highest BCUT2D eigenvalue weighted by molar-refractivity contribution is 7.89. The third-order valence-electron chi connectivity index (χ3n) is 7.71. The van der Waals surface area contributed by atoms with E-state index >= 15 is 0 Å². The first-order valence-corrected chi connectivity index (χ1v) is 14.2. The number of rotatable bonds is 6. The van der Waals surface area contributed by atoms with Crippen molar-refractivity contribution in [3.8, 4) is 5.75 Å². The van der Waals surface area contributed by atoms with Gasteiger partial charge < -0.3 is 15.6 Å². The molecule has 6 nitrogen and oxygen atoms in total. The van der Waals surface area contributed by atoms with Crippen molar-refractivity contribution in [2.24, 2.45) is 11.7 Å². The van der Waals surface area contributed by atoms with Gasteiger partial charge in [0.15, 0.2) is 0 Å². The van der Waals surface area contributed by atoms with Crippen LogP contribution < -0.4 is 5.73 Å². The number of phenols is 1. The summed E-state index contributed by atoms with van der Waals surface area (Å²) >= 11 is 0. The topological polar surface area (TPSA) is 92.9 Å². The number of sulfonamides is 1. The maximum atomic E-state index is 14.0. The van der Waals surface area contributed by atoms with E-state index in [0.29, 0.717) is 44.6 Å². The zero-order valence-electron chi connectivity index (χ0n) is 20.6. The maximum Gasteiger partial charge on any atom is 0.225 e. The van der Waals surface area contributed by atoms with Gasteiger partial charge in [-0.2, -0.15) is 0 Å². The van der Waals surface area contributed by atoms with Gasteiger partial charge >= 0.3 is 0 Å². The number of phenolic OH excluding ortho intramolecular Hbond substituents is 1. The largest absolute Gasteiger partial charge is 0.507 e. The van der Waals surface area contributed by atoms with Gasteiger partial charge in [0.25, 0.3) is 0 Å². The first-order valence-electron chi connectivity index (χ1n) is 12.7. The van der Waals surface area contributed by atoms with Crippen LogP contribution in [0.5, 0.6) is 5.75 Å². The molecule has 2 atom stereocenters. The van der Waals surface area contributed by atoms with Crippen LogP contribution in [-0.2, 0) is 21.2 Å². The number of hydrogen-bond donors (Lipinski definition) is 2. The number of aromatic hydroxyl groups is 1. The highest BCUT2D eigenvalue weighted by atomic mass is 32.2. The summed E-state index contributed by atoms with van der Waals surface area (Å²) in [4.78, 5) is 0. The number of benzene rings is 3. The summed E-state index contributed by atoms with van der Waals surface area (Å²) in [6.07, 6.45) is 1.68. The smallest absolute Gasteiger partial charge is 0.225 e. The Morgan fingerprint density at radius 2 is 1.56 bits per heavy atom. The molecule has 0 spiro atoms. The van der Waals surface area contributed by atoms with Crippen LogP contribution in [0.4, 0.5) is 0 Å². The molecule has 3 N–H and O–H groups in total. The zero-order valence-corrected chi connectivity index (χ0v) is 21.4. The molecule has 7 heteroatoms. The molecule has 2 aliphatic rings. The maximum absolute atomic E-state index is 14.0. The molecule has 0 unspecified atom stereocenters. The molecule has 3 aromatic rings. The number of hydrogen-bond acceptors (Lipinski definition) is 5. The first-order chi connectivity index (χ1) is 17.4. The van der Waals surface area contributed by atoms with E-state index in [2.05, 4.69) is 0 Å². The van der Waals surface area contributed by atoms with E-state index < -0.39 is 15.3 Å². The molecule has 0 aromatic heterocycles. The average molecular weight is 507 g/mol. The van der Waals surface area contributed by atoms with E-state index in [0.717, 1.165) is 27.8 Å². The van der Waals surface area contributed by atoms with Crippen LogP contribution in [0.15, 0.2) is 72.8 Å². The molecule has 5 rings (SSSR count). The van der Waals surface area contributed by atoms with Crippen LogP contribution in [0, 0.1) is 12.8 Å². The van der Waals surface area contributed by atoms with Gasteiger partial charge in [0.05, 0.1) is 12.2 Å². The summed E-state index contributed by atoms with van der Waals surface area (Å²) in [5, 5.41) is 9.98. The van der Waals surface area contributed by atoms with Gasteiger partial charge in [0.1, 0.15) is 11.0 Å². The lowest BCUT2D eigenvalue weighted by Gasteiger charge is -2.40. The van der Waals surface area contributed by atoms with Crippen molar-refractivity contribution in [2.75, 3.05) is 19.6 Å². The van der Waals surface area contributed by atoms with E-state index in [9.17, 15) is 13.5 Å². The van der Waals surface area contributed by atoms with Crippen molar-refractivity contribution in [3.63, 3.8) is 0 Å². The summed E-state index contributed by atoms with van der Waals surface area (Å²) in [5.41, 5.74) is 10.3. The average Bonchev–Trinajstić information content (AvgIpc) is 2.91. The van der Waals surface area contributed by atoms with E-state index in [1.807, 2.05) is 79.7 Å². The summed E-state index contributed by atoms with van der Waals surface area (Å²) in [6, 6.07) is 22.8. The molecule has 2 heterocycles. The molecule has 3 aromatic carbocycles. The Morgan fingerprint density at radius 3 is 2.11 bits per heavy atom. The van der Waals surface area contributed by atoms with Crippen LogP contribution >= 0.6 is 0 Å². The van der Waals surface area contributed by atoms with Gasteiger partial charge in [-0.05, 0) is 47.9 Å². The molecule has 0 amide bonds. The minimum absolute atomic E-state index is 0.0948. The quantitative estimate of drug-likeness (QED) is 0.515. The van der Waals surface area contributed by atoms with Crippen LogP contribution in [0.2, 0.25) is 0 Å². The third kappa shape index (κ3) is 4.68. The SMILES string of the molecule is Cc1ccc2c(c1O)C[C@@H](C1CCN(S(=O)(=O)C(c3ccccc3)c3ccccc3)CC1)O[C@H]2CN. The number of nitrogens with zero attached hydrogens (tertiary/aromatic N) is 1. The van der Waals surface area contributed by atoms with Gasteiger partial charge in [0, 0.05) is 31.6 Å². The Bertz CT molecular complexity index is 1250. The zero-order chi connectivity index (χ0) is 25.3. The van der Waals surface area contributed by atoms with Crippen molar-refractivity contribution < 1.29 is 18.3 Å². The Hall–Kier alpha value is -2.71. The van der Waals surface area contributed by atoms with Crippen molar-refractivity contribution in [1.29, 1.82) is 0 Å². The van der Waals surface area contributed by atoms with Crippen molar-refractivity contribution in [3.05, 3.63) is 101 Å². The lowest BCUT2D eigenvalue weighted by molar-refractivity contribution is -0.0612. The minimum Gasteiger partial charge on any atom is -0.507 e. The van der Waals surface area contributed by atoms with Crippen LogP contribution in [0.1, 0.15) is 52.0 Å². The normalized spacial score (nSPS) is 21.4.